The fraction of sp³-hybridized carbons (Fsp3) is 0.583. The summed E-state index contributed by atoms with van der Waals surface area (Å²) < 4.78 is 0. The minimum Gasteiger partial charge on any atom is -0.375 e. The number of nitrogens with two attached hydrogens (primary N) is 2. The smallest absolute Gasteiger partial charge is 0.265 e. The molecule has 0 atom stereocenters. The van der Waals surface area contributed by atoms with Crippen LogP contribution in [-0.2, 0) is 4.79 Å². The van der Waals surface area contributed by atoms with Crippen molar-refractivity contribution in [3.8, 4) is 0 Å². The van der Waals surface area contributed by atoms with Gasteiger partial charge in [-0.3, -0.25) is 9.59 Å². The van der Waals surface area contributed by atoms with Crippen molar-refractivity contribution in [3.63, 3.8) is 0 Å². The Hall–Kier alpha value is -1.63. The van der Waals surface area contributed by atoms with Crippen LogP contribution in [0.5, 0.6) is 0 Å². The summed E-state index contributed by atoms with van der Waals surface area (Å²) in [4.78, 5) is 29.7. The largest absolute Gasteiger partial charge is 0.375 e. The number of aryl methyl sites for hydroxylation is 1. The van der Waals surface area contributed by atoms with Gasteiger partial charge in [0.05, 0.1) is 5.69 Å². The van der Waals surface area contributed by atoms with Gasteiger partial charge in [0.1, 0.15) is 4.88 Å². The molecule has 0 unspecified atom stereocenters. The number of hydrogen-bond donors (Lipinski definition) is 2. The van der Waals surface area contributed by atoms with Gasteiger partial charge in [0.2, 0.25) is 5.91 Å². The van der Waals surface area contributed by atoms with E-state index < -0.39 is 0 Å². The van der Waals surface area contributed by atoms with Crippen LogP contribution in [-0.4, -0.2) is 34.8 Å². The molecular formula is C12H18N4O2S. The van der Waals surface area contributed by atoms with Crippen molar-refractivity contribution in [1.82, 2.24) is 9.88 Å². The number of nitrogen functional groups attached to an aromatic ring is 1. The molecule has 4 N–H and O–H groups in total. The third-order valence-corrected chi connectivity index (χ3v) is 4.37. The Morgan fingerprint density at radius 2 is 2.05 bits per heavy atom. The second-order valence-corrected chi connectivity index (χ2v) is 5.90. The van der Waals surface area contributed by atoms with Crippen molar-refractivity contribution in [1.29, 1.82) is 0 Å². The van der Waals surface area contributed by atoms with E-state index >= 15 is 0 Å². The zero-order chi connectivity index (χ0) is 14.0. The number of carbonyl (C=O) groups is 2. The number of rotatable bonds is 3. The van der Waals surface area contributed by atoms with Crippen LogP contribution in [0.2, 0.25) is 0 Å². The molecule has 1 aromatic rings. The molecule has 0 radical (unpaired) electrons. The maximum absolute atomic E-state index is 12.3. The second kappa shape index (κ2) is 5.56. The molecule has 0 aromatic carbocycles. The number of piperidine rings is 1. The number of primary amides is 1. The summed E-state index contributed by atoms with van der Waals surface area (Å²) in [5.74, 6) is 0.0225. The van der Waals surface area contributed by atoms with E-state index in [0.717, 1.165) is 12.8 Å². The van der Waals surface area contributed by atoms with Crippen LogP contribution in [0.4, 0.5) is 5.13 Å². The topological polar surface area (TPSA) is 102 Å². The highest BCUT2D eigenvalue weighted by atomic mass is 32.1. The minimum absolute atomic E-state index is 0.00998. The van der Waals surface area contributed by atoms with E-state index in [1.807, 2.05) is 0 Å². The normalized spacial score (nSPS) is 16.6. The number of likely N-dealkylation sites (tertiary alicyclic amines) is 1. The standard InChI is InChI=1S/C12H18N4O2S/c1-7-10(19-12(14)15-7)11(18)16-4-2-8(3-5-16)6-9(13)17/h8H,2-6H2,1H3,(H2,13,17)(H2,14,15). The molecule has 1 aliphatic rings. The highest BCUT2D eigenvalue weighted by Gasteiger charge is 2.26. The molecule has 7 heteroatoms. The Balaban J connectivity index is 1.96. The molecule has 104 valence electrons. The Morgan fingerprint density at radius 1 is 1.42 bits per heavy atom. The van der Waals surface area contributed by atoms with E-state index in [1.54, 1.807) is 11.8 Å². The van der Waals surface area contributed by atoms with E-state index in [2.05, 4.69) is 4.98 Å². The molecule has 0 spiro atoms. The SMILES string of the molecule is Cc1nc(N)sc1C(=O)N1CCC(CC(N)=O)CC1. The van der Waals surface area contributed by atoms with Crippen molar-refractivity contribution in [3.05, 3.63) is 10.6 Å². The summed E-state index contributed by atoms with van der Waals surface area (Å²) in [5, 5.41) is 0.421. The first-order valence-electron chi connectivity index (χ1n) is 6.28. The lowest BCUT2D eigenvalue weighted by atomic mass is 9.93. The van der Waals surface area contributed by atoms with Gasteiger partial charge in [-0.05, 0) is 25.7 Å². The van der Waals surface area contributed by atoms with Gasteiger partial charge in [0, 0.05) is 19.5 Å². The molecule has 6 nitrogen and oxygen atoms in total. The predicted octanol–water partition coefficient (Wildman–Crippen LogP) is 0.761. The van der Waals surface area contributed by atoms with E-state index in [0.29, 0.717) is 41.1 Å². The summed E-state index contributed by atoms with van der Waals surface area (Å²) >= 11 is 1.23. The first-order valence-corrected chi connectivity index (χ1v) is 7.09. The van der Waals surface area contributed by atoms with Gasteiger partial charge < -0.3 is 16.4 Å². The fourth-order valence-corrected chi connectivity index (χ4v) is 3.19. The van der Waals surface area contributed by atoms with Crippen LogP contribution in [0.25, 0.3) is 0 Å². The summed E-state index contributed by atoms with van der Waals surface area (Å²) in [7, 11) is 0. The zero-order valence-corrected chi connectivity index (χ0v) is 11.7. The molecule has 1 aliphatic heterocycles. The summed E-state index contributed by atoms with van der Waals surface area (Å²) in [6.07, 6.45) is 2.05. The second-order valence-electron chi connectivity index (χ2n) is 4.87. The first kappa shape index (κ1) is 13.8. The predicted molar refractivity (Wildman–Crippen MR) is 73.7 cm³/mol. The monoisotopic (exact) mass is 282 g/mol. The van der Waals surface area contributed by atoms with Gasteiger partial charge in [0.15, 0.2) is 5.13 Å². The maximum Gasteiger partial charge on any atom is 0.265 e. The Kier molecular flexibility index (Phi) is 4.04. The average molecular weight is 282 g/mol. The summed E-state index contributed by atoms with van der Waals surface area (Å²) in [5.41, 5.74) is 11.5. The van der Waals surface area contributed by atoms with Crippen LogP contribution in [0, 0.1) is 12.8 Å². The quantitative estimate of drug-likeness (QED) is 0.854. The number of nitrogens with zero attached hydrogens (tertiary/aromatic N) is 2. The van der Waals surface area contributed by atoms with Crippen molar-refractivity contribution < 1.29 is 9.59 Å². The minimum atomic E-state index is -0.268. The van der Waals surface area contributed by atoms with Crippen LogP contribution >= 0.6 is 11.3 Å². The van der Waals surface area contributed by atoms with E-state index in [1.165, 1.54) is 11.3 Å². The number of thiazole rings is 1. The first-order chi connectivity index (χ1) is 8.97. The molecule has 0 aliphatic carbocycles. The van der Waals surface area contributed by atoms with E-state index in [4.69, 9.17) is 11.5 Å². The molecule has 0 saturated carbocycles. The number of aromatic nitrogens is 1. The van der Waals surface area contributed by atoms with Crippen LogP contribution in [0.15, 0.2) is 0 Å². The highest BCUT2D eigenvalue weighted by molar-refractivity contribution is 7.17. The Labute approximate surface area is 115 Å². The number of carbonyl (C=O) groups excluding carboxylic acids is 2. The highest BCUT2D eigenvalue weighted by Crippen LogP contribution is 2.25. The molecule has 1 aromatic heterocycles. The van der Waals surface area contributed by atoms with Crippen molar-refractivity contribution in [2.24, 2.45) is 11.7 Å². The lowest BCUT2D eigenvalue weighted by Crippen LogP contribution is -2.39. The van der Waals surface area contributed by atoms with Gasteiger partial charge in [-0.25, -0.2) is 4.98 Å². The Morgan fingerprint density at radius 3 is 2.53 bits per heavy atom. The lowest BCUT2D eigenvalue weighted by Gasteiger charge is -2.31. The van der Waals surface area contributed by atoms with Crippen LogP contribution in [0.1, 0.15) is 34.6 Å². The number of hydrogen-bond acceptors (Lipinski definition) is 5. The molecule has 1 saturated heterocycles. The molecule has 2 heterocycles. The Bertz CT molecular complexity index is 492. The molecule has 19 heavy (non-hydrogen) atoms. The summed E-state index contributed by atoms with van der Waals surface area (Å²) in [6.45, 7) is 3.11. The zero-order valence-electron chi connectivity index (χ0n) is 10.9. The fourth-order valence-electron chi connectivity index (χ4n) is 2.38. The maximum atomic E-state index is 12.3. The number of anilines is 1. The molecule has 2 amide bonds. The molecule has 0 bridgehead atoms. The van der Waals surface area contributed by atoms with E-state index in [-0.39, 0.29) is 11.8 Å². The molecule has 2 rings (SSSR count). The molecule has 1 fully saturated rings. The van der Waals surface area contributed by atoms with Gasteiger partial charge in [-0.15, -0.1) is 0 Å². The van der Waals surface area contributed by atoms with E-state index in [9.17, 15) is 9.59 Å². The van der Waals surface area contributed by atoms with Gasteiger partial charge in [-0.2, -0.15) is 0 Å². The van der Waals surface area contributed by atoms with Crippen molar-refractivity contribution >= 4 is 28.3 Å². The van der Waals surface area contributed by atoms with Crippen LogP contribution < -0.4 is 11.5 Å². The summed E-state index contributed by atoms with van der Waals surface area (Å²) in [6, 6.07) is 0. The molecular weight excluding hydrogens is 264 g/mol. The third kappa shape index (κ3) is 3.23. The van der Waals surface area contributed by atoms with Crippen molar-refractivity contribution in [2.45, 2.75) is 26.2 Å². The van der Waals surface area contributed by atoms with Crippen LogP contribution in [0.3, 0.4) is 0 Å². The third-order valence-electron chi connectivity index (χ3n) is 3.40. The van der Waals surface area contributed by atoms with Gasteiger partial charge >= 0.3 is 0 Å². The number of amides is 2. The lowest BCUT2D eigenvalue weighted by molar-refractivity contribution is -0.119. The van der Waals surface area contributed by atoms with Crippen molar-refractivity contribution in [2.75, 3.05) is 18.8 Å². The van der Waals surface area contributed by atoms with Gasteiger partial charge in [0.25, 0.3) is 5.91 Å². The average Bonchev–Trinajstić information content (AvgIpc) is 2.68. The van der Waals surface area contributed by atoms with Gasteiger partial charge in [-0.1, -0.05) is 11.3 Å².